The maximum atomic E-state index is 12.8. The molecular weight excluding hydrogens is 258 g/mol. The first-order valence-electron chi connectivity index (χ1n) is 7.62. The second-order valence-corrected chi connectivity index (χ2v) is 9.15. The monoisotopic (exact) mass is 287 g/mol. The normalized spacial score (nSPS) is 36.1. The summed E-state index contributed by atoms with van der Waals surface area (Å²) in [6, 6.07) is 0.127. The molecule has 2 aliphatic rings. The van der Waals surface area contributed by atoms with Crippen LogP contribution in [0.25, 0.3) is 0 Å². The van der Waals surface area contributed by atoms with Gasteiger partial charge in [0.05, 0.1) is 5.25 Å². The topological polar surface area (TPSA) is 52.3 Å². The molecule has 19 heavy (non-hydrogen) atoms. The summed E-state index contributed by atoms with van der Waals surface area (Å²) in [5.41, 5.74) is 6.57. The Labute approximate surface area is 120 Å². The molecule has 1 aliphatic carbocycles. The zero-order valence-electron chi connectivity index (χ0n) is 12.6. The molecule has 0 aromatic heterocycles. The lowest BCUT2D eigenvalue weighted by Gasteiger charge is -2.41. The highest BCUT2D eigenvalue weighted by molar-refractivity contribution is 7.86. The number of rotatable bonds is 2. The smallest absolute Gasteiger partial charge is 0.0504 e. The van der Waals surface area contributed by atoms with Crippen molar-refractivity contribution in [1.82, 2.24) is 0 Å². The molecule has 0 radical (unpaired) electrons. The van der Waals surface area contributed by atoms with E-state index < -0.39 is 10.8 Å². The second-order valence-electron chi connectivity index (χ2n) is 7.22. The van der Waals surface area contributed by atoms with Crippen LogP contribution in [-0.2, 0) is 15.5 Å². The lowest BCUT2D eigenvalue weighted by Crippen LogP contribution is -2.48. The van der Waals surface area contributed by atoms with Crippen molar-refractivity contribution in [2.24, 2.45) is 17.1 Å². The summed E-state index contributed by atoms with van der Waals surface area (Å²) >= 11 is 0. The van der Waals surface area contributed by atoms with Crippen molar-refractivity contribution in [3.63, 3.8) is 0 Å². The zero-order chi connectivity index (χ0) is 14.0. The second kappa shape index (κ2) is 6.23. The van der Waals surface area contributed by atoms with Crippen molar-refractivity contribution >= 4 is 10.8 Å². The summed E-state index contributed by atoms with van der Waals surface area (Å²) < 4.78 is 18.2. The van der Waals surface area contributed by atoms with E-state index in [1.54, 1.807) is 0 Å². The zero-order valence-corrected chi connectivity index (χ0v) is 13.4. The standard InChI is InChI=1S/C15H29NO2S/c1-15(2,3)11-4-5-13(16)14(10-11)19(17)12-6-8-18-9-7-12/h11-14H,4-10,16H2,1-3H3. The van der Waals surface area contributed by atoms with Gasteiger partial charge in [0.25, 0.3) is 0 Å². The molecule has 3 nitrogen and oxygen atoms in total. The molecule has 2 rings (SSSR count). The van der Waals surface area contributed by atoms with Gasteiger partial charge in [0, 0.05) is 35.3 Å². The fraction of sp³-hybridized carbons (Fsp3) is 1.00. The van der Waals surface area contributed by atoms with Crippen LogP contribution in [-0.4, -0.2) is 34.0 Å². The van der Waals surface area contributed by atoms with Crippen molar-refractivity contribution in [2.75, 3.05) is 13.2 Å². The van der Waals surface area contributed by atoms with Gasteiger partial charge in [0.2, 0.25) is 0 Å². The third-order valence-electron chi connectivity index (χ3n) is 4.86. The molecule has 0 amide bonds. The molecule has 0 aromatic carbocycles. The van der Waals surface area contributed by atoms with E-state index in [0.29, 0.717) is 16.6 Å². The van der Waals surface area contributed by atoms with E-state index in [1.807, 2.05) is 0 Å². The molecule has 1 saturated heterocycles. The summed E-state index contributed by atoms with van der Waals surface area (Å²) in [7, 11) is -0.784. The van der Waals surface area contributed by atoms with Gasteiger partial charge in [0.15, 0.2) is 0 Å². The van der Waals surface area contributed by atoms with E-state index >= 15 is 0 Å². The first kappa shape index (κ1) is 15.5. The van der Waals surface area contributed by atoms with Gasteiger partial charge in [-0.1, -0.05) is 20.8 Å². The van der Waals surface area contributed by atoms with E-state index in [0.717, 1.165) is 38.9 Å². The average molecular weight is 287 g/mol. The highest BCUT2D eigenvalue weighted by Gasteiger charge is 2.39. The van der Waals surface area contributed by atoms with Gasteiger partial charge < -0.3 is 10.5 Å². The Bertz CT molecular complexity index is 321. The van der Waals surface area contributed by atoms with Crippen LogP contribution < -0.4 is 5.73 Å². The van der Waals surface area contributed by atoms with Gasteiger partial charge in [-0.15, -0.1) is 0 Å². The van der Waals surface area contributed by atoms with Crippen molar-refractivity contribution in [1.29, 1.82) is 0 Å². The molecule has 0 aromatic rings. The number of ether oxygens (including phenoxy) is 1. The minimum Gasteiger partial charge on any atom is -0.381 e. The van der Waals surface area contributed by atoms with Crippen molar-refractivity contribution in [2.45, 2.75) is 69.4 Å². The van der Waals surface area contributed by atoms with Gasteiger partial charge in [0.1, 0.15) is 0 Å². The Kier molecular flexibility index (Phi) is 5.07. The fourth-order valence-corrected chi connectivity index (χ4v) is 5.42. The number of hydrogen-bond donors (Lipinski definition) is 1. The third kappa shape index (κ3) is 3.79. The molecule has 0 spiro atoms. The van der Waals surface area contributed by atoms with E-state index in [1.165, 1.54) is 6.42 Å². The SMILES string of the molecule is CC(C)(C)C1CCC(N)C(S(=O)C2CCOCC2)C1. The summed E-state index contributed by atoms with van der Waals surface area (Å²) in [4.78, 5) is 0. The van der Waals surface area contributed by atoms with Crippen LogP contribution in [0.4, 0.5) is 0 Å². The van der Waals surface area contributed by atoms with Crippen LogP contribution in [0, 0.1) is 11.3 Å². The van der Waals surface area contributed by atoms with Crippen molar-refractivity contribution < 1.29 is 8.95 Å². The van der Waals surface area contributed by atoms with Crippen LogP contribution in [0.2, 0.25) is 0 Å². The molecule has 4 unspecified atom stereocenters. The largest absolute Gasteiger partial charge is 0.381 e. The van der Waals surface area contributed by atoms with Crippen molar-refractivity contribution in [3.8, 4) is 0 Å². The Morgan fingerprint density at radius 2 is 1.74 bits per heavy atom. The Hall–Kier alpha value is 0.0700. The molecule has 2 N–H and O–H groups in total. The predicted octanol–water partition coefficient (Wildman–Crippen LogP) is 2.46. The lowest BCUT2D eigenvalue weighted by molar-refractivity contribution is 0.0986. The molecule has 2 fully saturated rings. The van der Waals surface area contributed by atoms with Gasteiger partial charge in [-0.2, -0.15) is 0 Å². The van der Waals surface area contributed by atoms with Gasteiger partial charge in [-0.25, -0.2) is 0 Å². The highest BCUT2D eigenvalue weighted by atomic mass is 32.2. The lowest BCUT2D eigenvalue weighted by atomic mass is 9.71. The maximum Gasteiger partial charge on any atom is 0.0504 e. The molecule has 4 heteroatoms. The van der Waals surface area contributed by atoms with Gasteiger partial charge in [-0.05, 0) is 43.4 Å². The molecule has 0 bridgehead atoms. The van der Waals surface area contributed by atoms with E-state index in [-0.39, 0.29) is 11.3 Å². The third-order valence-corrected chi connectivity index (χ3v) is 7.13. The summed E-state index contributed by atoms with van der Waals surface area (Å²) in [6.45, 7) is 8.41. The van der Waals surface area contributed by atoms with Crippen LogP contribution in [0.5, 0.6) is 0 Å². The summed E-state index contributed by atoms with van der Waals surface area (Å²) in [6.07, 6.45) is 5.13. The first-order chi connectivity index (χ1) is 8.89. The number of hydrogen-bond acceptors (Lipinski definition) is 3. The molecular formula is C15H29NO2S. The first-order valence-corrected chi connectivity index (χ1v) is 8.90. The fourth-order valence-electron chi connectivity index (χ4n) is 3.36. The van der Waals surface area contributed by atoms with Crippen LogP contribution in [0.15, 0.2) is 0 Å². The molecule has 4 atom stereocenters. The maximum absolute atomic E-state index is 12.8. The number of nitrogens with two attached hydrogens (primary N) is 1. The van der Waals surface area contributed by atoms with Crippen LogP contribution in [0.3, 0.4) is 0 Å². The van der Waals surface area contributed by atoms with E-state index in [4.69, 9.17) is 10.5 Å². The summed E-state index contributed by atoms with van der Waals surface area (Å²) in [5, 5.41) is 0.504. The minimum absolute atomic E-state index is 0.127. The minimum atomic E-state index is -0.784. The predicted molar refractivity (Wildman–Crippen MR) is 80.5 cm³/mol. The Morgan fingerprint density at radius 3 is 2.32 bits per heavy atom. The molecule has 112 valence electrons. The van der Waals surface area contributed by atoms with Gasteiger partial charge >= 0.3 is 0 Å². The van der Waals surface area contributed by atoms with E-state index in [2.05, 4.69) is 20.8 Å². The molecule has 1 aliphatic heterocycles. The summed E-state index contributed by atoms with van der Waals surface area (Å²) in [5.74, 6) is 0.654. The molecule has 1 heterocycles. The highest BCUT2D eigenvalue weighted by Crippen LogP contribution is 2.39. The Balaban J connectivity index is 2.01. The van der Waals surface area contributed by atoms with Crippen LogP contribution in [0.1, 0.15) is 52.9 Å². The average Bonchev–Trinajstić information content (AvgIpc) is 2.38. The molecule has 1 saturated carbocycles. The van der Waals surface area contributed by atoms with Crippen molar-refractivity contribution in [3.05, 3.63) is 0 Å². The van der Waals surface area contributed by atoms with E-state index in [9.17, 15) is 4.21 Å². The van der Waals surface area contributed by atoms with Gasteiger partial charge in [-0.3, -0.25) is 4.21 Å². The van der Waals surface area contributed by atoms with Crippen LogP contribution >= 0.6 is 0 Å². The quantitative estimate of drug-likeness (QED) is 0.849. The Morgan fingerprint density at radius 1 is 1.11 bits per heavy atom.